The summed E-state index contributed by atoms with van der Waals surface area (Å²) >= 11 is 0. The van der Waals surface area contributed by atoms with Gasteiger partial charge in [0.2, 0.25) is 0 Å². The molecule has 0 spiro atoms. The first-order valence-electron chi connectivity index (χ1n) is 11.8. The number of aromatic amines is 1. The second-order valence-corrected chi connectivity index (χ2v) is 8.72. The average molecular weight is 465 g/mol. The van der Waals surface area contributed by atoms with Crippen molar-refractivity contribution < 1.29 is 0 Å². The number of benzene rings is 3. The summed E-state index contributed by atoms with van der Waals surface area (Å²) in [6.07, 6.45) is 0. The van der Waals surface area contributed by atoms with Gasteiger partial charge in [-0.2, -0.15) is 0 Å². The number of aryl methyl sites for hydroxylation is 1. The predicted octanol–water partition coefficient (Wildman–Crippen LogP) is 4.48. The maximum Gasteiger partial charge on any atom is 0.253 e. The fourth-order valence-electron chi connectivity index (χ4n) is 4.58. The number of H-pyrrole nitrogens is 1. The zero-order valence-corrected chi connectivity index (χ0v) is 19.9. The first-order chi connectivity index (χ1) is 17.1. The van der Waals surface area contributed by atoms with E-state index in [2.05, 4.69) is 44.5 Å². The van der Waals surface area contributed by atoms with Gasteiger partial charge in [0.05, 0.1) is 12.1 Å². The van der Waals surface area contributed by atoms with Crippen LogP contribution in [-0.2, 0) is 13.1 Å². The minimum atomic E-state index is -0.424. The SMILES string of the molecule is CCN(Cc1ccccc1)C(c1cc2cccc(C)c2[nH]c1=O)c1nnnn1Cc1ccccc1. The summed E-state index contributed by atoms with van der Waals surface area (Å²) in [5.41, 5.74) is 4.65. The van der Waals surface area contributed by atoms with Gasteiger partial charge in [0.1, 0.15) is 6.04 Å². The summed E-state index contributed by atoms with van der Waals surface area (Å²) < 4.78 is 1.80. The lowest BCUT2D eigenvalue weighted by Crippen LogP contribution is -2.35. The van der Waals surface area contributed by atoms with Gasteiger partial charge in [-0.15, -0.1) is 5.10 Å². The van der Waals surface area contributed by atoms with Crippen LogP contribution in [0.1, 0.15) is 41.0 Å². The number of nitrogens with zero attached hydrogens (tertiary/aromatic N) is 5. The minimum Gasteiger partial charge on any atom is -0.321 e. The average Bonchev–Trinajstić information content (AvgIpc) is 3.33. The Labute approximate surface area is 204 Å². The number of fused-ring (bicyclic) bond motifs is 1. The molecule has 1 N–H and O–H groups in total. The van der Waals surface area contributed by atoms with Crippen LogP contribution in [0.15, 0.2) is 89.7 Å². The van der Waals surface area contributed by atoms with E-state index < -0.39 is 6.04 Å². The monoisotopic (exact) mass is 464 g/mol. The van der Waals surface area contributed by atoms with Crippen molar-refractivity contribution in [1.82, 2.24) is 30.1 Å². The van der Waals surface area contributed by atoms with Crippen molar-refractivity contribution >= 4 is 10.9 Å². The topological polar surface area (TPSA) is 79.7 Å². The van der Waals surface area contributed by atoms with E-state index in [9.17, 15) is 4.79 Å². The molecule has 35 heavy (non-hydrogen) atoms. The Morgan fingerprint density at radius 2 is 1.66 bits per heavy atom. The van der Waals surface area contributed by atoms with Crippen molar-refractivity contribution in [3.05, 3.63) is 123 Å². The van der Waals surface area contributed by atoms with Gasteiger partial charge in [-0.25, -0.2) is 4.68 Å². The molecule has 0 saturated carbocycles. The van der Waals surface area contributed by atoms with Crippen LogP contribution in [-0.4, -0.2) is 36.6 Å². The summed E-state index contributed by atoms with van der Waals surface area (Å²) in [6.45, 7) is 5.99. The molecule has 7 heteroatoms. The number of pyridine rings is 1. The van der Waals surface area contributed by atoms with Gasteiger partial charge in [0, 0.05) is 12.1 Å². The molecule has 1 atom stereocenters. The smallest absolute Gasteiger partial charge is 0.253 e. The molecule has 5 aromatic rings. The van der Waals surface area contributed by atoms with Crippen LogP contribution in [0.5, 0.6) is 0 Å². The number of hydrogen-bond acceptors (Lipinski definition) is 5. The zero-order valence-electron chi connectivity index (χ0n) is 19.9. The number of nitrogens with one attached hydrogen (secondary N) is 1. The van der Waals surface area contributed by atoms with Crippen molar-refractivity contribution in [1.29, 1.82) is 0 Å². The van der Waals surface area contributed by atoms with Gasteiger partial charge in [-0.3, -0.25) is 9.69 Å². The predicted molar refractivity (Wildman–Crippen MR) is 137 cm³/mol. The largest absolute Gasteiger partial charge is 0.321 e. The highest BCUT2D eigenvalue weighted by molar-refractivity contribution is 5.82. The van der Waals surface area contributed by atoms with Gasteiger partial charge in [-0.1, -0.05) is 85.8 Å². The summed E-state index contributed by atoms with van der Waals surface area (Å²) in [5, 5.41) is 13.8. The Kier molecular flexibility index (Phi) is 6.50. The number of aromatic nitrogens is 5. The normalized spacial score (nSPS) is 12.3. The Balaban J connectivity index is 1.65. The third-order valence-electron chi connectivity index (χ3n) is 6.39. The highest BCUT2D eigenvalue weighted by atomic mass is 16.1. The summed E-state index contributed by atoms with van der Waals surface area (Å²) in [7, 11) is 0. The molecule has 7 nitrogen and oxygen atoms in total. The molecule has 0 bridgehead atoms. The zero-order chi connectivity index (χ0) is 24.2. The second kappa shape index (κ2) is 10.0. The van der Waals surface area contributed by atoms with Crippen LogP contribution in [0.3, 0.4) is 0 Å². The fourth-order valence-corrected chi connectivity index (χ4v) is 4.58. The highest BCUT2D eigenvalue weighted by Gasteiger charge is 2.30. The van der Waals surface area contributed by atoms with Gasteiger partial charge in [0.15, 0.2) is 5.82 Å². The molecule has 2 aromatic heterocycles. The standard InChI is InChI=1S/C28H28N6O/c1-3-33(18-21-12-6-4-7-13-21)26(24-17-23-16-10-11-20(2)25(23)29-28(24)35)27-30-31-32-34(27)19-22-14-8-5-9-15-22/h4-17,26H,3,18-19H2,1-2H3,(H,29,35). The molecule has 0 radical (unpaired) electrons. The van der Waals surface area contributed by atoms with E-state index in [1.54, 1.807) is 4.68 Å². The third-order valence-corrected chi connectivity index (χ3v) is 6.39. The van der Waals surface area contributed by atoms with E-state index in [0.29, 0.717) is 31.0 Å². The summed E-state index contributed by atoms with van der Waals surface area (Å²) in [5.74, 6) is 0.643. The van der Waals surface area contributed by atoms with E-state index in [-0.39, 0.29) is 5.56 Å². The van der Waals surface area contributed by atoms with Crippen molar-refractivity contribution in [2.24, 2.45) is 0 Å². The van der Waals surface area contributed by atoms with Gasteiger partial charge >= 0.3 is 0 Å². The Morgan fingerprint density at radius 1 is 0.943 bits per heavy atom. The van der Waals surface area contributed by atoms with Crippen LogP contribution in [0.4, 0.5) is 0 Å². The molecule has 2 heterocycles. The van der Waals surface area contributed by atoms with Gasteiger partial charge in [0.25, 0.3) is 5.56 Å². The Morgan fingerprint density at radius 3 is 2.37 bits per heavy atom. The molecule has 0 saturated heterocycles. The molecule has 0 aliphatic carbocycles. The van der Waals surface area contributed by atoms with E-state index >= 15 is 0 Å². The highest BCUT2D eigenvalue weighted by Crippen LogP contribution is 2.29. The third kappa shape index (κ3) is 4.76. The molecule has 0 aliphatic rings. The van der Waals surface area contributed by atoms with E-state index in [1.807, 2.05) is 79.7 Å². The molecule has 0 fully saturated rings. The van der Waals surface area contributed by atoms with Crippen molar-refractivity contribution in [2.45, 2.75) is 33.0 Å². The maximum absolute atomic E-state index is 13.5. The molecule has 176 valence electrons. The minimum absolute atomic E-state index is 0.127. The van der Waals surface area contributed by atoms with Crippen LogP contribution < -0.4 is 5.56 Å². The number of rotatable bonds is 8. The first-order valence-corrected chi connectivity index (χ1v) is 11.8. The quantitative estimate of drug-likeness (QED) is 0.366. The summed E-state index contributed by atoms with van der Waals surface area (Å²) in [6, 6.07) is 28.0. The molecule has 3 aromatic carbocycles. The number of tetrazole rings is 1. The van der Waals surface area contributed by atoms with Crippen LogP contribution >= 0.6 is 0 Å². The molecular formula is C28H28N6O. The van der Waals surface area contributed by atoms with E-state index in [0.717, 1.165) is 27.6 Å². The lowest BCUT2D eigenvalue weighted by atomic mass is 10.0. The molecule has 1 unspecified atom stereocenters. The van der Waals surface area contributed by atoms with Gasteiger partial charge in [-0.05, 0) is 52.0 Å². The number of hydrogen-bond donors (Lipinski definition) is 1. The molecule has 0 amide bonds. The van der Waals surface area contributed by atoms with Crippen molar-refractivity contribution in [3.63, 3.8) is 0 Å². The molecule has 5 rings (SSSR count). The Hall–Kier alpha value is -4.10. The summed E-state index contributed by atoms with van der Waals surface area (Å²) in [4.78, 5) is 18.9. The number of para-hydroxylation sites is 1. The van der Waals surface area contributed by atoms with Crippen molar-refractivity contribution in [2.75, 3.05) is 6.54 Å². The molecule has 0 aliphatic heterocycles. The van der Waals surface area contributed by atoms with E-state index in [4.69, 9.17) is 0 Å². The van der Waals surface area contributed by atoms with E-state index in [1.165, 1.54) is 0 Å². The lowest BCUT2D eigenvalue weighted by Gasteiger charge is -2.30. The van der Waals surface area contributed by atoms with Crippen molar-refractivity contribution in [3.8, 4) is 0 Å². The van der Waals surface area contributed by atoms with Gasteiger partial charge < -0.3 is 4.98 Å². The fraction of sp³-hybridized carbons (Fsp3) is 0.214. The Bertz CT molecular complexity index is 1480. The second-order valence-electron chi connectivity index (χ2n) is 8.72. The van der Waals surface area contributed by atoms with Crippen LogP contribution in [0.25, 0.3) is 10.9 Å². The van der Waals surface area contributed by atoms with Crippen LogP contribution in [0.2, 0.25) is 0 Å². The lowest BCUT2D eigenvalue weighted by molar-refractivity contribution is 0.214. The molecular weight excluding hydrogens is 436 g/mol. The first kappa shape index (κ1) is 22.7. The van der Waals surface area contributed by atoms with Crippen LogP contribution in [0, 0.1) is 6.92 Å². The maximum atomic E-state index is 13.5.